The van der Waals surface area contributed by atoms with Crippen LogP contribution in [0.5, 0.6) is 0 Å². The zero-order chi connectivity index (χ0) is 7.40. The molecular weight excluding hydrogens is 160 g/mol. The van der Waals surface area contributed by atoms with E-state index in [0.29, 0.717) is 6.54 Å². The third-order valence-corrected chi connectivity index (χ3v) is 1.48. The fourth-order valence-corrected chi connectivity index (χ4v) is 0.807. The highest BCUT2D eigenvalue weighted by Gasteiger charge is 1.87. The fraction of sp³-hybridized carbons (Fsp3) is 0.250. The fourth-order valence-electron chi connectivity index (χ4n) is 0.807. The molecule has 11 heavy (non-hydrogen) atoms. The monoisotopic (exact) mass is 172 g/mol. The van der Waals surface area contributed by atoms with E-state index in [4.69, 9.17) is 5.73 Å². The molecule has 62 valence electrons. The second-order valence-electron chi connectivity index (χ2n) is 2.15. The van der Waals surface area contributed by atoms with Crippen molar-refractivity contribution < 1.29 is 0 Å². The first-order valence-electron chi connectivity index (χ1n) is 3.33. The molecule has 1 aromatic carbocycles. The molecule has 0 aromatic heterocycles. The van der Waals surface area contributed by atoms with Gasteiger partial charge in [0.2, 0.25) is 0 Å². The van der Waals surface area contributed by atoms with E-state index in [-0.39, 0.29) is 12.4 Å². The van der Waals surface area contributed by atoms with Crippen molar-refractivity contribution in [3.63, 3.8) is 0 Å². The molecule has 0 heterocycles. The van der Waals surface area contributed by atoms with Gasteiger partial charge in [-0.3, -0.25) is 0 Å². The molecule has 0 radical (unpaired) electrons. The maximum absolute atomic E-state index is 5.42. The van der Waals surface area contributed by atoms with Crippen LogP contribution in [0.15, 0.2) is 24.3 Å². The number of halogens is 1. The first-order chi connectivity index (χ1) is 4.86. The predicted octanol–water partition coefficient (Wildman–Crippen LogP) is 1.61. The van der Waals surface area contributed by atoms with E-state index >= 15 is 0 Å². The van der Waals surface area contributed by atoms with Crippen molar-refractivity contribution in [1.29, 1.82) is 0 Å². The van der Waals surface area contributed by atoms with Gasteiger partial charge in [0, 0.05) is 19.3 Å². The Hall–Kier alpha value is -0.730. The van der Waals surface area contributed by atoms with Crippen molar-refractivity contribution in [2.45, 2.75) is 6.54 Å². The van der Waals surface area contributed by atoms with Gasteiger partial charge in [-0.25, -0.2) is 0 Å². The molecule has 1 rings (SSSR count). The number of benzene rings is 1. The summed E-state index contributed by atoms with van der Waals surface area (Å²) >= 11 is 0. The molecule has 0 fully saturated rings. The predicted molar refractivity (Wildman–Crippen MR) is 51.1 cm³/mol. The van der Waals surface area contributed by atoms with E-state index in [2.05, 4.69) is 5.32 Å². The maximum atomic E-state index is 5.42. The van der Waals surface area contributed by atoms with Crippen molar-refractivity contribution in [1.82, 2.24) is 0 Å². The summed E-state index contributed by atoms with van der Waals surface area (Å²) in [6.45, 7) is 0.615. The summed E-state index contributed by atoms with van der Waals surface area (Å²) in [7, 11) is 1.90. The first kappa shape index (κ1) is 10.3. The minimum atomic E-state index is 0. The van der Waals surface area contributed by atoms with Crippen LogP contribution in [0.1, 0.15) is 5.56 Å². The van der Waals surface area contributed by atoms with Gasteiger partial charge >= 0.3 is 0 Å². The normalized spacial score (nSPS) is 8.55. The summed E-state index contributed by atoms with van der Waals surface area (Å²) in [5, 5.41) is 3.04. The van der Waals surface area contributed by atoms with Gasteiger partial charge in [0.25, 0.3) is 0 Å². The molecule has 1 aromatic rings. The molecule has 0 aliphatic heterocycles. The largest absolute Gasteiger partial charge is 0.388 e. The van der Waals surface area contributed by atoms with Crippen LogP contribution < -0.4 is 11.1 Å². The molecule has 0 unspecified atom stereocenters. The Morgan fingerprint density at radius 2 is 1.82 bits per heavy atom. The molecule has 0 aliphatic carbocycles. The Bertz CT molecular complexity index is 173. The number of nitrogens with one attached hydrogen (secondary N) is 1. The highest BCUT2D eigenvalue weighted by atomic mass is 35.5. The third kappa shape index (κ3) is 2.78. The van der Waals surface area contributed by atoms with Gasteiger partial charge in [0.05, 0.1) is 0 Å². The topological polar surface area (TPSA) is 38.0 Å². The molecule has 0 amide bonds. The number of anilines is 1. The summed E-state index contributed by atoms with van der Waals surface area (Å²) in [6.07, 6.45) is 0. The average Bonchev–Trinajstić information content (AvgIpc) is 2.05. The summed E-state index contributed by atoms with van der Waals surface area (Å²) in [4.78, 5) is 0. The quantitative estimate of drug-likeness (QED) is 0.712. The van der Waals surface area contributed by atoms with Crippen molar-refractivity contribution in [2.24, 2.45) is 5.73 Å². The van der Waals surface area contributed by atoms with Crippen LogP contribution in [-0.4, -0.2) is 7.05 Å². The van der Waals surface area contributed by atoms with Gasteiger partial charge in [-0.1, -0.05) is 12.1 Å². The molecule has 0 aliphatic rings. The van der Waals surface area contributed by atoms with Crippen LogP contribution in [0.25, 0.3) is 0 Å². The Balaban J connectivity index is 0.000001000. The van der Waals surface area contributed by atoms with Crippen LogP contribution in [0.4, 0.5) is 5.69 Å². The average molecular weight is 173 g/mol. The van der Waals surface area contributed by atoms with Gasteiger partial charge in [0.1, 0.15) is 0 Å². The lowest BCUT2D eigenvalue weighted by Crippen LogP contribution is -1.96. The van der Waals surface area contributed by atoms with Gasteiger partial charge < -0.3 is 11.1 Å². The smallest absolute Gasteiger partial charge is 0.0337 e. The van der Waals surface area contributed by atoms with Crippen LogP contribution in [-0.2, 0) is 6.54 Å². The lowest BCUT2D eigenvalue weighted by Gasteiger charge is -1.99. The highest BCUT2D eigenvalue weighted by Crippen LogP contribution is 2.06. The van der Waals surface area contributed by atoms with E-state index in [1.165, 1.54) is 5.56 Å². The SMILES string of the molecule is CNc1ccc(CN)cc1.Cl. The first-order valence-corrected chi connectivity index (χ1v) is 3.33. The number of nitrogens with two attached hydrogens (primary N) is 1. The Kier molecular flexibility index (Phi) is 4.66. The van der Waals surface area contributed by atoms with Crippen molar-refractivity contribution in [3.05, 3.63) is 29.8 Å². The van der Waals surface area contributed by atoms with E-state index in [1.54, 1.807) is 0 Å². The van der Waals surface area contributed by atoms with E-state index in [9.17, 15) is 0 Å². The maximum Gasteiger partial charge on any atom is 0.0337 e. The van der Waals surface area contributed by atoms with Gasteiger partial charge in [0.15, 0.2) is 0 Å². The lowest BCUT2D eigenvalue weighted by molar-refractivity contribution is 1.07. The summed E-state index contributed by atoms with van der Waals surface area (Å²) < 4.78 is 0. The molecule has 2 nitrogen and oxygen atoms in total. The summed E-state index contributed by atoms with van der Waals surface area (Å²) in [6, 6.07) is 8.07. The molecule has 3 heteroatoms. The number of rotatable bonds is 2. The number of hydrogen-bond donors (Lipinski definition) is 2. The van der Waals surface area contributed by atoms with Crippen LogP contribution in [0.2, 0.25) is 0 Å². The summed E-state index contributed by atoms with van der Waals surface area (Å²) in [5.41, 5.74) is 7.71. The van der Waals surface area contributed by atoms with Gasteiger partial charge in [-0.2, -0.15) is 0 Å². The zero-order valence-electron chi connectivity index (χ0n) is 6.50. The molecule has 0 atom stereocenters. The van der Waals surface area contributed by atoms with E-state index < -0.39 is 0 Å². The number of hydrogen-bond acceptors (Lipinski definition) is 2. The van der Waals surface area contributed by atoms with Crippen LogP contribution in [0.3, 0.4) is 0 Å². The molecule has 0 saturated heterocycles. The standard InChI is InChI=1S/C8H12N2.ClH/c1-10-8-4-2-7(6-9)3-5-8;/h2-5,10H,6,9H2,1H3;1H. The summed E-state index contributed by atoms with van der Waals surface area (Å²) in [5.74, 6) is 0. The second-order valence-corrected chi connectivity index (χ2v) is 2.15. The molecule has 0 saturated carbocycles. The Labute approximate surface area is 73.2 Å². The van der Waals surface area contributed by atoms with Crippen molar-refractivity contribution in [2.75, 3.05) is 12.4 Å². The second kappa shape index (κ2) is 4.99. The highest BCUT2D eigenvalue weighted by molar-refractivity contribution is 5.85. The molecular formula is C8H13ClN2. The lowest BCUT2D eigenvalue weighted by atomic mass is 10.2. The van der Waals surface area contributed by atoms with Gasteiger partial charge in [-0.05, 0) is 17.7 Å². The molecule has 0 spiro atoms. The van der Waals surface area contributed by atoms with Crippen LogP contribution >= 0.6 is 12.4 Å². The van der Waals surface area contributed by atoms with Crippen molar-refractivity contribution in [3.8, 4) is 0 Å². The van der Waals surface area contributed by atoms with Crippen molar-refractivity contribution >= 4 is 18.1 Å². The Morgan fingerprint density at radius 1 is 1.27 bits per heavy atom. The third-order valence-electron chi connectivity index (χ3n) is 1.48. The van der Waals surface area contributed by atoms with Gasteiger partial charge in [-0.15, -0.1) is 12.4 Å². The minimum absolute atomic E-state index is 0. The van der Waals surface area contributed by atoms with E-state index in [0.717, 1.165) is 5.69 Å². The molecule has 0 bridgehead atoms. The molecule has 3 N–H and O–H groups in total. The Morgan fingerprint density at radius 3 is 2.18 bits per heavy atom. The van der Waals surface area contributed by atoms with E-state index in [1.807, 2.05) is 31.3 Å². The van der Waals surface area contributed by atoms with Crippen LogP contribution in [0, 0.1) is 0 Å². The minimum Gasteiger partial charge on any atom is -0.388 e. The zero-order valence-corrected chi connectivity index (χ0v) is 7.32.